The van der Waals surface area contributed by atoms with Crippen LogP contribution in [0.3, 0.4) is 0 Å². The summed E-state index contributed by atoms with van der Waals surface area (Å²) in [5.74, 6) is 0.744. The Morgan fingerprint density at radius 1 is 1.42 bits per heavy atom. The van der Waals surface area contributed by atoms with Gasteiger partial charge in [-0.3, -0.25) is 0 Å². The molecular formula is C13H21NO3S2. The van der Waals surface area contributed by atoms with E-state index in [1.165, 1.54) is 6.07 Å². The first kappa shape index (κ1) is 16.5. The van der Waals surface area contributed by atoms with Crippen molar-refractivity contribution >= 4 is 21.8 Å². The Labute approximate surface area is 119 Å². The fraction of sp³-hybridized carbons (Fsp3) is 0.538. The monoisotopic (exact) mass is 303 g/mol. The van der Waals surface area contributed by atoms with Gasteiger partial charge in [-0.1, -0.05) is 13.0 Å². The molecule has 0 fully saturated rings. The van der Waals surface area contributed by atoms with E-state index in [4.69, 9.17) is 0 Å². The lowest BCUT2D eigenvalue weighted by molar-refractivity contribution is 0.280. The molecule has 0 aromatic heterocycles. The van der Waals surface area contributed by atoms with Gasteiger partial charge in [0.1, 0.15) is 0 Å². The van der Waals surface area contributed by atoms with Crippen LogP contribution < -0.4 is 4.72 Å². The van der Waals surface area contributed by atoms with Crippen molar-refractivity contribution in [3.8, 4) is 0 Å². The van der Waals surface area contributed by atoms with Crippen molar-refractivity contribution < 1.29 is 13.5 Å². The van der Waals surface area contributed by atoms with Crippen LogP contribution in [0.25, 0.3) is 0 Å². The molecule has 6 heteroatoms. The molecule has 0 bridgehead atoms. The predicted octanol–water partition coefficient (Wildman–Crippen LogP) is 1.91. The highest BCUT2D eigenvalue weighted by molar-refractivity contribution is 7.98. The molecule has 0 amide bonds. The van der Waals surface area contributed by atoms with Crippen molar-refractivity contribution in [1.82, 2.24) is 4.72 Å². The van der Waals surface area contributed by atoms with Gasteiger partial charge in [-0.15, -0.1) is 0 Å². The van der Waals surface area contributed by atoms with E-state index in [9.17, 15) is 13.5 Å². The standard InChI is InChI=1S/C13H21NO3S2/c1-4-12(9-18-3)14-19(16,17)13-6-5-10(2)11(7-13)8-15/h5-7,12,14-15H,4,8-9H2,1-3H3. The summed E-state index contributed by atoms with van der Waals surface area (Å²) in [5, 5.41) is 9.20. The molecule has 0 saturated heterocycles. The minimum atomic E-state index is -3.52. The van der Waals surface area contributed by atoms with E-state index in [0.717, 1.165) is 17.7 Å². The molecule has 4 nitrogen and oxygen atoms in total. The molecule has 0 heterocycles. The van der Waals surface area contributed by atoms with E-state index < -0.39 is 10.0 Å². The van der Waals surface area contributed by atoms with E-state index >= 15 is 0 Å². The Kier molecular flexibility index (Phi) is 6.32. The highest BCUT2D eigenvalue weighted by Gasteiger charge is 2.19. The summed E-state index contributed by atoms with van der Waals surface area (Å²) in [6, 6.07) is 4.75. The zero-order chi connectivity index (χ0) is 14.5. The Morgan fingerprint density at radius 2 is 2.11 bits per heavy atom. The minimum Gasteiger partial charge on any atom is -0.392 e. The molecule has 19 heavy (non-hydrogen) atoms. The van der Waals surface area contributed by atoms with Gasteiger partial charge >= 0.3 is 0 Å². The molecule has 1 atom stereocenters. The summed E-state index contributed by atoms with van der Waals surface area (Å²) in [4.78, 5) is 0.210. The Morgan fingerprint density at radius 3 is 2.63 bits per heavy atom. The predicted molar refractivity (Wildman–Crippen MR) is 79.9 cm³/mol. The van der Waals surface area contributed by atoms with Crippen LogP contribution in [-0.2, 0) is 16.6 Å². The molecule has 1 unspecified atom stereocenters. The van der Waals surface area contributed by atoms with Crippen molar-refractivity contribution in [2.24, 2.45) is 0 Å². The van der Waals surface area contributed by atoms with Crippen molar-refractivity contribution in [2.75, 3.05) is 12.0 Å². The largest absolute Gasteiger partial charge is 0.392 e. The summed E-state index contributed by atoms with van der Waals surface area (Å²) in [7, 11) is -3.52. The second-order valence-corrected chi connectivity index (χ2v) is 7.05. The van der Waals surface area contributed by atoms with E-state index in [-0.39, 0.29) is 17.5 Å². The van der Waals surface area contributed by atoms with Gasteiger partial charge in [0.15, 0.2) is 0 Å². The van der Waals surface area contributed by atoms with Crippen molar-refractivity contribution in [2.45, 2.75) is 37.8 Å². The Balaban J connectivity index is 2.99. The first-order valence-electron chi connectivity index (χ1n) is 6.16. The van der Waals surface area contributed by atoms with Crippen molar-refractivity contribution in [1.29, 1.82) is 0 Å². The fourth-order valence-corrected chi connectivity index (χ4v) is 3.91. The van der Waals surface area contributed by atoms with E-state index in [1.54, 1.807) is 23.9 Å². The van der Waals surface area contributed by atoms with Crippen LogP contribution in [0.4, 0.5) is 0 Å². The zero-order valence-corrected chi connectivity index (χ0v) is 13.1. The number of nitrogens with one attached hydrogen (secondary N) is 1. The van der Waals surface area contributed by atoms with Crippen LogP contribution in [-0.4, -0.2) is 31.6 Å². The molecule has 2 N–H and O–H groups in total. The maximum atomic E-state index is 12.3. The number of hydrogen-bond donors (Lipinski definition) is 2. The van der Waals surface area contributed by atoms with Crippen LogP contribution in [0, 0.1) is 6.92 Å². The Hall–Kier alpha value is -0.560. The van der Waals surface area contributed by atoms with Gasteiger partial charge in [-0.25, -0.2) is 13.1 Å². The fourth-order valence-electron chi connectivity index (χ4n) is 1.71. The molecule has 1 aromatic rings. The van der Waals surface area contributed by atoms with Gasteiger partial charge in [-0.2, -0.15) is 11.8 Å². The molecule has 0 spiro atoms. The molecule has 0 radical (unpaired) electrons. The van der Waals surface area contributed by atoms with Gasteiger partial charge in [0.05, 0.1) is 11.5 Å². The molecule has 1 rings (SSSR count). The second-order valence-electron chi connectivity index (χ2n) is 4.43. The van der Waals surface area contributed by atoms with E-state index in [0.29, 0.717) is 5.56 Å². The number of sulfonamides is 1. The zero-order valence-electron chi connectivity index (χ0n) is 11.5. The topological polar surface area (TPSA) is 66.4 Å². The maximum Gasteiger partial charge on any atom is 0.240 e. The smallest absolute Gasteiger partial charge is 0.240 e. The first-order chi connectivity index (χ1) is 8.94. The number of hydrogen-bond acceptors (Lipinski definition) is 4. The normalized spacial score (nSPS) is 13.5. The van der Waals surface area contributed by atoms with E-state index in [2.05, 4.69) is 4.72 Å². The lowest BCUT2D eigenvalue weighted by atomic mass is 10.1. The number of thioether (sulfide) groups is 1. The summed E-state index contributed by atoms with van der Waals surface area (Å²) in [5.41, 5.74) is 1.53. The quantitative estimate of drug-likeness (QED) is 0.807. The number of aliphatic hydroxyl groups excluding tert-OH is 1. The summed E-state index contributed by atoms with van der Waals surface area (Å²) in [6.45, 7) is 3.65. The van der Waals surface area contributed by atoms with Crippen LogP contribution in [0.15, 0.2) is 23.1 Å². The third kappa shape index (κ3) is 4.49. The van der Waals surface area contributed by atoms with Crippen LogP contribution in [0.5, 0.6) is 0 Å². The van der Waals surface area contributed by atoms with Gasteiger partial charge in [0.25, 0.3) is 0 Å². The maximum absolute atomic E-state index is 12.3. The molecular weight excluding hydrogens is 282 g/mol. The molecule has 1 aromatic carbocycles. The molecule has 0 saturated carbocycles. The average molecular weight is 303 g/mol. The van der Waals surface area contributed by atoms with Gasteiger partial charge in [-0.05, 0) is 42.9 Å². The van der Waals surface area contributed by atoms with E-state index in [1.807, 2.05) is 20.1 Å². The SMILES string of the molecule is CCC(CSC)NS(=O)(=O)c1ccc(C)c(CO)c1. The first-order valence-corrected chi connectivity index (χ1v) is 9.04. The Bertz CT molecular complexity index is 515. The average Bonchev–Trinajstić information content (AvgIpc) is 2.38. The molecule has 108 valence electrons. The lowest BCUT2D eigenvalue weighted by Crippen LogP contribution is -2.36. The molecule has 0 aliphatic carbocycles. The van der Waals surface area contributed by atoms with Gasteiger partial charge in [0, 0.05) is 11.8 Å². The van der Waals surface area contributed by atoms with Crippen LogP contribution in [0.2, 0.25) is 0 Å². The van der Waals surface area contributed by atoms with Crippen LogP contribution >= 0.6 is 11.8 Å². The molecule has 0 aliphatic heterocycles. The third-order valence-electron chi connectivity index (χ3n) is 2.98. The number of aliphatic hydroxyl groups is 1. The van der Waals surface area contributed by atoms with Crippen molar-refractivity contribution in [3.63, 3.8) is 0 Å². The minimum absolute atomic E-state index is 0.0705. The number of rotatable bonds is 7. The summed E-state index contributed by atoms with van der Waals surface area (Å²) in [6.07, 6.45) is 2.70. The van der Waals surface area contributed by atoms with Crippen LogP contribution in [0.1, 0.15) is 24.5 Å². The lowest BCUT2D eigenvalue weighted by Gasteiger charge is -2.16. The number of benzene rings is 1. The van der Waals surface area contributed by atoms with Gasteiger partial charge in [0.2, 0.25) is 10.0 Å². The summed E-state index contributed by atoms with van der Waals surface area (Å²) < 4.78 is 27.2. The number of aryl methyl sites for hydroxylation is 1. The highest BCUT2D eigenvalue weighted by atomic mass is 32.2. The highest BCUT2D eigenvalue weighted by Crippen LogP contribution is 2.16. The van der Waals surface area contributed by atoms with Gasteiger partial charge < -0.3 is 5.11 Å². The second kappa shape index (κ2) is 7.28. The third-order valence-corrected chi connectivity index (χ3v) is 5.24. The molecule has 0 aliphatic rings. The van der Waals surface area contributed by atoms with Crippen molar-refractivity contribution in [3.05, 3.63) is 29.3 Å². The summed E-state index contributed by atoms with van der Waals surface area (Å²) >= 11 is 1.61.